The lowest BCUT2D eigenvalue weighted by atomic mass is 9.84. The number of thiazole rings is 1. The molecular formula is C49H70N8O8S. The van der Waals surface area contributed by atoms with Crippen LogP contribution in [-0.2, 0) is 57.6 Å². The normalized spacial score (nSPS) is 20.7. The van der Waals surface area contributed by atoms with E-state index in [9.17, 15) is 24.0 Å². The summed E-state index contributed by atoms with van der Waals surface area (Å²) in [5.74, 6) is -0.824. The summed E-state index contributed by atoms with van der Waals surface area (Å²) < 4.78 is 18.4. The van der Waals surface area contributed by atoms with E-state index in [0.717, 1.165) is 81.9 Å². The molecule has 3 aromatic heterocycles. The summed E-state index contributed by atoms with van der Waals surface area (Å²) in [6.45, 7) is 15.0. The Labute approximate surface area is 393 Å². The van der Waals surface area contributed by atoms with Gasteiger partial charge in [0.2, 0.25) is 12.3 Å². The van der Waals surface area contributed by atoms with Crippen molar-refractivity contribution in [2.45, 2.75) is 104 Å². The first-order valence-electron chi connectivity index (χ1n) is 22.8. The van der Waals surface area contributed by atoms with Gasteiger partial charge >= 0.3 is 5.97 Å². The molecule has 16 nitrogen and oxygen atoms in total. The SMILES string of the molecule is CCn1c(-c2cccnc2C(C)OC)c2c3cc(ccc31)-c1csc(n1)CC(NC(=O)C(C(C)C)N(C)C)C(=O)N1CCC[C@H](N1)C(=O)OCC(C)(C)C2.COC.O=CC1CCN(C=O)C1. The van der Waals surface area contributed by atoms with Crippen LogP contribution in [0.2, 0.25) is 0 Å². The number of pyridine rings is 1. The third-order valence-corrected chi connectivity index (χ3v) is 13.1. The fraction of sp³-hybridized carbons (Fsp3) is 0.571. The van der Waals surface area contributed by atoms with E-state index in [1.165, 1.54) is 16.3 Å². The monoisotopic (exact) mass is 931 g/mol. The molecular weight excluding hydrogens is 861 g/mol. The molecule has 4 aromatic rings. The van der Waals surface area contributed by atoms with Crippen molar-refractivity contribution in [2.24, 2.45) is 17.3 Å². The number of rotatable bonds is 10. The second-order valence-corrected chi connectivity index (χ2v) is 19.6. The highest BCUT2D eigenvalue weighted by Gasteiger charge is 2.37. The molecule has 360 valence electrons. The Kier molecular flexibility index (Phi) is 18.6. The number of ether oxygens (including phenoxy) is 3. The zero-order valence-electron chi connectivity index (χ0n) is 40.6. The maximum absolute atomic E-state index is 14.2. The Morgan fingerprint density at radius 1 is 1.11 bits per heavy atom. The number of amides is 3. The number of hydrogen-bond acceptors (Lipinski definition) is 13. The number of aromatic nitrogens is 3. The minimum Gasteiger partial charge on any atom is -0.464 e. The van der Waals surface area contributed by atoms with Crippen molar-refractivity contribution in [3.63, 3.8) is 0 Å². The number of hydrogen-bond donors (Lipinski definition) is 2. The first-order valence-corrected chi connectivity index (χ1v) is 23.7. The average Bonchev–Trinajstić information content (AvgIpc) is 4.05. The number of nitrogens with zero attached hydrogens (tertiary/aromatic N) is 6. The van der Waals surface area contributed by atoms with Crippen LogP contribution in [0.4, 0.5) is 0 Å². The molecule has 3 aliphatic heterocycles. The molecule has 1 aromatic carbocycles. The van der Waals surface area contributed by atoms with Crippen LogP contribution in [0.3, 0.4) is 0 Å². The molecule has 17 heteroatoms. The van der Waals surface area contributed by atoms with Gasteiger partial charge < -0.3 is 33.8 Å². The molecule has 0 saturated carbocycles. The van der Waals surface area contributed by atoms with Crippen molar-refractivity contribution in [3.8, 4) is 22.5 Å². The van der Waals surface area contributed by atoms with E-state index in [0.29, 0.717) is 32.4 Å². The highest BCUT2D eigenvalue weighted by atomic mass is 32.1. The van der Waals surface area contributed by atoms with Gasteiger partial charge in [0, 0.05) is 98.9 Å². The molecule has 5 atom stereocenters. The Bertz CT molecular complexity index is 2270. The van der Waals surface area contributed by atoms with Gasteiger partial charge in [-0.25, -0.2) is 10.4 Å². The van der Waals surface area contributed by atoms with E-state index in [1.54, 1.807) is 32.4 Å². The fourth-order valence-corrected chi connectivity index (χ4v) is 9.83. The maximum Gasteiger partial charge on any atom is 0.324 e. The largest absolute Gasteiger partial charge is 0.464 e. The minimum absolute atomic E-state index is 0.0216. The molecule has 3 amide bonds. The molecule has 0 aliphatic carbocycles. The van der Waals surface area contributed by atoms with Crippen LogP contribution in [0.25, 0.3) is 33.4 Å². The van der Waals surface area contributed by atoms with Crippen molar-refractivity contribution in [3.05, 3.63) is 58.2 Å². The van der Waals surface area contributed by atoms with Gasteiger partial charge in [-0.3, -0.25) is 34.1 Å². The number of cyclic esters (lactones) is 1. The van der Waals surface area contributed by atoms with Crippen LogP contribution in [0, 0.1) is 17.3 Å². The quantitative estimate of drug-likeness (QED) is 0.147. The number of fused-ring (bicyclic) bond motifs is 6. The van der Waals surface area contributed by atoms with Crippen LogP contribution in [0.5, 0.6) is 0 Å². The number of carbonyl (C=O) groups excluding carboxylic acids is 5. The lowest BCUT2D eigenvalue weighted by Gasteiger charge is -2.36. The molecule has 2 saturated heterocycles. The van der Waals surface area contributed by atoms with E-state index in [-0.39, 0.29) is 42.8 Å². The van der Waals surface area contributed by atoms with E-state index >= 15 is 0 Å². The third-order valence-electron chi connectivity index (χ3n) is 12.2. The van der Waals surface area contributed by atoms with Crippen molar-refractivity contribution >= 4 is 52.7 Å². The number of likely N-dealkylation sites (tertiary alicyclic amines) is 1. The second-order valence-electron chi connectivity index (χ2n) is 18.6. The summed E-state index contributed by atoms with van der Waals surface area (Å²) in [5, 5.41) is 8.39. The summed E-state index contributed by atoms with van der Waals surface area (Å²) in [4.78, 5) is 75.2. The number of nitrogens with one attached hydrogen (secondary N) is 2. The van der Waals surface area contributed by atoms with Gasteiger partial charge in [-0.2, -0.15) is 0 Å². The Morgan fingerprint density at radius 2 is 1.85 bits per heavy atom. The van der Waals surface area contributed by atoms with Crippen molar-refractivity contribution in [1.29, 1.82) is 0 Å². The number of likely N-dealkylation sites (N-methyl/N-ethyl adjacent to an activating group) is 1. The number of hydrazine groups is 1. The van der Waals surface area contributed by atoms with Gasteiger partial charge in [0.15, 0.2) is 0 Å². The first-order chi connectivity index (χ1) is 31.5. The van der Waals surface area contributed by atoms with Gasteiger partial charge in [-0.1, -0.05) is 33.8 Å². The molecule has 0 spiro atoms. The molecule has 3 aliphatic rings. The molecule has 0 radical (unpaired) electrons. The van der Waals surface area contributed by atoms with Crippen LogP contribution in [0.15, 0.2) is 41.9 Å². The van der Waals surface area contributed by atoms with Gasteiger partial charge in [-0.05, 0) is 89.4 Å². The van der Waals surface area contributed by atoms with E-state index in [1.807, 2.05) is 51.2 Å². The second kappa shape index (κ2) is 23.6. The van der Waals surface area contributed by atoms with E-state index in [2.05, 4.69) is 65.1 Å². The van der Waals surface area contributed by atoms with Gasteiger partial charge in [0.05, 0.1) is 40.8 Å². The van der Waals surface area contributed by atoms with Crippen LogP contribution in [-0.4, -0.2) is 140 Å². The molecule has 66 heavy (non-hydrogen) atoms. The topological polar surface area (TPSA) is 178 Å². The number of esters is 1. The predicted molar refractivity (Wildman–Crippen MR) is 256 cm³/mol. The number of aldehydes is 1. The maximum atomic E-state index is 14.2. The molecule has 4 unspecified atom stereocenters. The zero-order chi connectivity index (χ0) is 48.3. The highest BCUT2D eigenvalue weighted by molar-refractivity contribution is 7.10. The Morgan fingerprint density at radius 3 is 2.47 bits per heavy atom. The zero-order valence-corrected chi connectivity index (χ0v) is 41.4. The van der Waals surface area contributed by atoms with Gasteiger partial charge in [-0.15, -0.1) is 11.3 Å². The van der Waals surface area contributed by atoms with Gasteiger partial charge in [0.1, 0.15) is 18.4 Å². The van der Waals surface area contributed by atoms with Gasteiger partial charge in [0.25, 0.3) is 5.91 Å². The van der Waals surface area contributed by atoms with E-state index < -0.39 is 29.5 Å². The summed E-state index contributed by atoms with van der Waals surface area (Å²) in [5.41, 5.74) is 9.62. The summed E-state index contributed by atoms with van der Waals surface area (Å²) >= 11 is 1.47. The molecule has 6 heterocycles. The van der Waals surface area contributed by atoms with E-state index in [4.69, 9.17) is 19.4 Å². The Hall–Kier alpha value is -5.07. The van der Waals surface area contributed by atoms with Crippen LogP contribution >= 0.6 is 11.3 Å². The molecule has 6 bridgehead atoms. The first kappa shape index (κ1) is 51.9. The number of aryl methyl sites for hydroxylation is 1. The van der Waals surface area contributed by atoms with Crippen LogP contribution in [0.1, 0.15) is 83.2 Å². The Balaban J connectivity index is 0.000000596. The van der Waals surface area contributed by atoms with Crippen molar-refractivity contribution < 1.29 is 38.2 Å². The van der Waals surface area contributed by atoms with Crippen molar-refractivity contribution in [2.75, 3.05) is 61.7 Å². The summed E-state index contributed by atoms with van der Waals surface area (Å²) in [6.07, 6.45) is 6.10. The third kappa shape index (κ3) is 12.5. The predicted octanol–water partition coefficient (Wildman–Crippen LogP) is 5.71. The lowest BCUT2D eigenvalue weighted by Crippen LogP contribution is -2.61. The standard InChI is InChI=1S/C41H55N7O5S.C6H9NO2.C2H6O/c1-10-47-33-16-15-26-19-28(33)29(37(47)27-13-11-17-42-35(27)25(4)52-9)21-41(5,6)23-53-40(51)30-14-12-18-48(45-30)39(50)31(20-34-43-32(26)22-54-34)44-38(49)36(24(2)3)46(7)8;8-4-6-1-2-7(3-6)5-9;1-3-2/h11,13,15-17,19,22,24-25,30-31,36,45H,10,12,14,18,20-21,23H2,1-9H3,(H,44,49);4-6H,1-3H2;1-2H3/t25?,30-,31?,36?;;/m0../s1. The lowest BCUT2D eigenvalue weighted by molar-refractivity contribution is -0.155. The average molecular weight is 931 g/mol. The molecule has 2 N–H and O–H groups in total. The smallest absolute Gasteiger partial charge is 0.324 e. The number of carbonyl (C=O) groups is 5. The minimum atomic E-state index is -0.892. The molecule has 7 rings (SSSR count). The number of benzene rings is 1. The summed E-state index contributed by atoms with van der Waals surface area (Å²) in [7, 11) is 8.67. The highest BCUT2D eigenvalue weighted by Crippen LogP contribution is 2.42. The summed E-state index contributed by atoms with van der Waals surface area (Å²) in [6, 6.07) is 8.51. The van der Waals surface area contributed by atoms with Crippen molar-refractivity contribution in [1.82, 2.24) is 40.1 Å². The fourth-order valence-electron chi connectivity index (χ4n) is 8.98. The molecule has 2 fully saturated rings. The number of methoxy groups -OCH3 is 2. The van der Waals surface area contributed by atoms with Crippen LogP contribution < -0.4 is 10.7 Å².